The van der Waals surface area contributed by atoms with E-state index in [1.54, 1.807) is 4.68 Å². The van der Waals surface area contributed by atoms with E-state index in [0.29, 0.717) is 31.9 Å². The first-order chi connectivity index (χ1) is 14.0. The van der Waals surface area contributed by atoms with Crippen LogP contribution in [0.4, 0.5) is 0 Å². The second kappa shape index (κ2) is 10.0. The Morgan fingerprint density at radius 1 is 1.13 bits per heavy atom. The van der Waals surface area contributed by atoms with Crippen LogP contribution < -0.4 is 5.32 Å². The van der Waals surface area contributed by atoms with Gasteiger partial charge in [-0.3, -0.25) is 4.90 Å². The average molecular weight is 420 g/mol. The normalized spacial score (nSPS) is 13.3. The van der Waals surface area contributed by atoms with Crippen LogP contribution >= 0.6 is 0 Å². The Morgan fingerprint density at radius 3 is 2.30 bits per heavy atom. The molecule has 0 fully saturated rings. The lowest BCUT2D eigenvalue weighted by Crippen LogP contribution is -2.89. The number of aliphatic hydroxyl groups excluding tert-OH is 1. The van der Waals surface area contributed by atoms with E-state index in [1.165, 1.54) is 0 Å². The van der Waals surface area contributed by atoms with Gasteiger partial charge in [0.25, 0.3) is 0 Å². The van der Waals surface area contributed by atoms with Crippen LogP contribution in [0, 0.1) is 5.53 Å². The summed E-state index contributed by atoms with van der Waals surface area (Å²) in [7, 11) is 0. The van der Waals surface area contributed by atoms with E-state index >= 15 is 0 Å². The van der Waals surface area contributed by atoms with Crippen molar-refractivity contribution in [3.05, 3.63) is 35.7 Å². The molecule has 0 aliphatic rings. The quantitative estimate of drug-likeness (QED) is 0.488. The van der Waals surface area contributed by atoms with E-state index in [1.807, 2.05) is 28.6 Å². The number of aromatic nitrogens is 6. The summed E-state index contributed by atoms with van der Waals surface area (Å²) >= 11 is 0. The lowest BCUT2D eigenvalue weighted by atomic mass is 10.1. The minimum absolute atomic E-state index is 0.00314. The van der Waals surface area contributed by atoms with Gasteiger partial charge in [0.2, 0.25) is 0 Å². The summed E-state index contributed by atoms with van der Waals surface area (Å²) in [5.74, 6) is 0. The Hall–Kier alpha value is -2.50. The zero-order valence-electron chi connectivity index (χ0n) is 18.9. The molecule has 11 nitrogen and oxygen atoms in total. The number of nitrogens with two attached hydrogens (primary N) is 1. The predicted octanol–water partition coefficient (Wildman–Crippen LogP) is 0.853. The van der Waals surface area contributed by atoms with Crippen LogP contribution in [0.5, 0.6) is 0 Å². The Morgan fingerprint density at radius 2 is 1.77 bits per heavy atom. The molecule has 4 N–H and O–H groups in total. The van der Waals surface area contributed by atoms with Crippen molar-refractivity contribution in [3.63, 3.8) is 0 Å². The van der Waals surface area contributed by atoms with E-state index in [9.17, 15) is 0 Å². The van der Waals surface area contributed by atoms with Crippen LogP contribution in [0.15, 0.2) is 29.4 Å². The Kier molecular flexibility index (Phi) is 7.93. The molecule has 0 aliphatic carbocycles. The van der Waals surface area contributed by atoms with Gasteiger partial charge in [0.05, 0.1) is 41.8 Å². The fourth-order valence-electron chi connectivity index (χ4n) is 2.65. The highest BCUT2D eigenvalue weighted by molar-refractivity contribution is 5.02. The van der Waals surface area contributed by atoms with E-state index in [2.05, 4.69) is 72.2 Å². The summed E-state index contributed by atoms with van der Waals surface area (Å²) in [6.45, 7) is 14.5. The van der Waals surface area contributed by atoms with Crippen molar-refractivity contribution < 1.29 is 10.4 Å². The molecule has 0 atom stereocenters. The maximum Gasteiger partial charge on any atom is 0.129 e. The topological polar surface area (TPSA) is 138 Å². The molecule has 30 heavy (non-hydrogen) atoms. The van der Waals surface area contributed by atoms with Gasteiger partial charge in [0, 0.05) is 25.8 Å². The van der Waals surface area contributed by atoms with Crippen LogP contribution in [-0.4, -0.2) is 58.7 Å². The van der Waals surface area contributed by atoms with Crippen molar-refractivity contribution in [3.8, 4) is 0 Å². The molecule has 2 aromatic heterocycles. The van der Waals surface area contributed by atoms with Crippen molar-refractivity contribution in [1.29, 1.82) is 5.53 Å². The SMILES string of the molecule is CC(C)(C)[NH2+]/C=C(/CN(Cc1cn(CCO)nn1)Cc1cn(C(C)(C)C)nn1)N=N. The first kappa shape index (κ1) is 23.8. The molecular formula is C19H35N10O+. The molecule has 2 heterocycles. The van der Waals surface area contributed by atoms with Crippen LogP contribution in [0.3, 0.4) is 0 Å². The average Bonchev–Trinajstić information content (AvgIpc) is 3.27. The van der Waals surface area contributed by atoms with Gasteiger partial charge in [-0.1, -0.05) is 10.4 Å². The number of hydrogen-bond donors (Lipinski definition) is 3. The summed E-state index contributed by atoms with van der Waals surface area (Å²) in [5.41, 5.74) is 9.69. The molecule has 2 aromatic rings. The monoisotopic (exact) mass is 419 g/mol. The third-order valence-electron chi connectivity index (χ3n) is 4.22. The third kappa shape index (κ3) is 7.73. The lowest BCUT2D eigenvalue weighted by Gasteiger charge is -2.20. The van der Waals surface area contributed by atoms with Crippen LogP contribution in [-0.2, 0) is 25.2 Å². The largest absolute Gasteiger partial charge is 0.394 e. The van der Waals surface area contributed by atoms with E-state index < -0.39 is 0 Å². The van der Waals surface area contributed by atoms with Crippen molar-refractivity contribution in [2.24, 2.45) is 5.11 Å². The number of nitrogens with one attached hydrogen (secondary N) is 1. The second-order valence-electron chi connectivity index (χ2n) is 9.47. The number of aliphatic hydroxyl groups is 1. The Balaban J connectivity index is 2.19. The maximum atomic E-state index is 9.09. The molecule has 0 aromatic carbocycles. The molecule has 0 unspecified atom stereocenters. The van der Waals surface area contributed by atoms with E-state index in [0.717, 1.165) is 11.4 Å². The van der Waals surface area contributed by atoms with Crippen LogP contribution in [0.25, 0.3) is 0 Å². The fourth-order valence-corrected chi connectivity index (χ4v) is 2.65. The summed E-state index contributed by atoms with van der Waals surface area (Å²) < 4.78 is 3.46. The molecule has 0 saturated heterocycles. The van der Waals surface area contributed by atoms with E-state index in [-0.39, 0.29) is 17.7 Å². The highest BCUT2D eigenvalue weighted by atomic mass is 16.3. The van der Waals surface area contributed by atoms with E-state index in [4.69, 9.17) is 10.6 Å². The summed E-state index contributed by atoms with van der Waals surface area (Å²) in [5, 5.41) is 31.6. The number of hydrogen-bond acceptors (Lipinski definition) is 8. The Labute approximate surface area is 177 Å². The highest BCUT2D eigenvalue weighted by Gasteiger charge is 2.19. The molecule has 2 rings (SSSR count). The first-order valence-electron chi connectivity index (χ1n) is 10.1. The molecule has 0 amide bonds. The Bertz CT molecular complexity index is 840. The van der Waals surface area contributed by atoms with Gasteiger partial charge >= 0.3 is 0 Å². The molecule has 0 spiro atoms. The van der Waals surface area contributed by atoms with Gasteiger partial charge in [0.15, 0.2) is 0 Å². The number of rotatable bonds is 10. The molecule has 166 valence electrons. The van der Waals surface area contributed by atoms with Crippen molar-refractivity contribution in [1.82, 2.24) is 34.9 Å². The van der Waals surface area contributed by atoms with Gasteiger partial charge < -0.3 is 10.4 Å². The maximum absolute atomic E-state index is 9.09. The standard InChI is InChI=1S/C19H34N10O/c1-18(2,3)21-9-15(22-20)10-27(11-16-13-28(7-8-30)25-23-16)12-17-14-29(26-24-17)19(4,5)6/h9,13-14,20-21,30H,7-8,10-12H2,1-6H3/p+1/b15-9-,22-20?. The molecular weight excluding hydrogens is 384 g/mol. The minimum Gasteiger partial charge on any atom is -0.394 e. The molecule has 0 bridgehead atoms. The fraction of sp³-hybridized carbons (Fsp3) is 0.684. The minimum atomic E-state index is -0.147. The van der Waals surface area contributed by atoms with Crippen molar-refractivity contribution in [2.75, 3.05) is 13.2 Å². The van der Waals surface area contributed by atoms with Gasteiger partial charge in [-0.2, -0.15) is 5.11 Å². The number of quaternary nitrogens is 1. The smallest absolute Gasteiger partial charge is 0.129 e. The van der Waals surface area contributed by atoms with Crippen LogP contribution in [0.1, 0.15) is 52.9 Å². The molecule has 0 saturated carbocycles. The van der Waals surface area contributed by atoms with Crippen LogP contribution in [0.2, 0.25) is 0 Å². The number of nitrogens with zero attached hydrogens (tertiary/aromatic N) is 8. The summed E-state index contributed by atoms with van der Waals surface area (Å²) in [4.78, 5) is 2.10. The zero-order valence-corrected chi connectivity index (χ0v) is 18.9. The summed E-state index contributed by atoms with van der Waals surface area (Å²) in [6.07, 6.45) is 5.66. The van der Waals surface area contributed by atoms with Gasteiger partial charge in [-0.25, -0.2) is 14.9 Å². The van der Waals surface area contributed by atoms with Gasteiger partial charge in [0.1, 0.15) is 11.9 Å². The lowest BCUT2D eigenvalue weighted by molar-refractivity contribution is -0.657. The first-order valence-corrected chi connectivity index (χ1v) is 10.1. The highest BCUT2D eigenvalue weighted by Crippen LogP contribution is 2.14. The van der Waals surface area contributed by atoms with Crippen molar-refractivity contribution in [2.45, 2.75) is 72.3 Å². The molecule has 0 radical (unpaired) electrons. The predicted molar refractivity (Wildman–Crippen MR) is 111 cm³/mol. The van der Waals surface area contributed by atoms with Gasteiger partial charge in [-0.05, 0) is 41.5 Å². The summed E-state index contributed by atoms with van der Waals surface area (Å²) in [6, 6.07) is 0. The second-order valence-corrected chi connectivity index (χ2v) is 9.47. The zero-order chi connectivity index (χ0) is 22.4. The van der Waals surface area contributed by atoms with Crippen molar-refractivity contribution >= 4 is 0 Å². The molecule has 0 aliphatic heterocycles. The molecule has 11 heteroatoms. The van der Waals surface area contributed by atoms with Gasteiger partial charge in [-0.15, -0.1) is 10.2 Å². The third-order valence-corrected chi connectivity index (χ3v) is 4.22.